The average molecular weight is 335 g/mol. The van der Waals surface area contributed by atoms with Gasteiger partial charge in [-0.2, -0.15) is 0 Å². The molecule has 5 heteroatoms. The first-order chi connectivity index (χ1) is 9.58. The lowest BCUT2D eigenvalue weighted by molar-refractivity contribution is 0.0474. The van der Waals surface area contributed by atoms with Crippen LogP contribution in [0.4, 0.5) is 0 Å². The van der Waals surface area contributed by atoms with Gasteiger partial charge in [0, 0.05) is 10.0 Å². The first kappa shape index (κ1) is 14.3. The molecule has 0 amide bonds. The largest absolute Gasteiger partial charge is 0.508 e. The molecule has 0 unspecified atom stereocenters. The maximum Gasteiger partial charge on any atom is 0.338 e. The smallest absolute Gasteiger partial charge is 0.338 e. The lowest BCUT2D eigenvalue weighted by Crippen LogP contribution is -2.14. The molecule has 2 rings (SSSR count). The number of ketones is 1. The average Bonchev–Trinajstić information content (AvgIpc) is 2.45. The fourth-order valence-electron chi connectivity index (χ4n) is 1.61. The van der Waals surface area contributed by atoms with Crippen molar-refractivity contribution in [3.63, 3.8) is 0 Å². The van der Waals surface area contributed by atoms with Crippen molar-refractivity contribution in [3.05, 3.63) is 64.1 Å². The molecule has 0 saturated heterocycles. The van der Waals surface area contributed by atoms with Gasteiger partial charge in [-0.3, -0.25) is 4.79 Å². The zero-order valence-corrected chi connectivity index (χ0v) is 12.0. The van der Waals surface area contributed by atoms with E-state index < -0.39 is 5.97 Å². The molecule has 20 heavy (non-hydrogen) atoms. The summed E-state index contributed by atoms with van der Waals surface area (Å²) >= 11 is 3.26. The number of esters is 1. The molecule has 0 aromatic heterocycles. The van der Waals surface area contributed by atoms with Crippen molar-refractivity contribution in [1.82, 2.24) is 0 Å². The van der Waals surface area contributed by atoms with Gasteiger partial charge >= 0.3 is 5.97 Å². The summed E-state index contributed by atoms with van der Waals surface area (Å²) in [6.45, 7) is -0.350. The summed E-state index contributed by atoms with van der Waals surface area (Å²) in [5, 5.41) is 9.27. The number of phenols is 1. The van der Waals surface area contributed by atoms with Crippen LogP contribution in [0.3, 0.4) is 0 Å². The lowest BCUT2D eigenvalue weighted by Gasteiger charge is -2.06. The van der Waals surface area contributed by atoms with Crippen LogP contribution in [0.5, 0.6) is 5.75 Å². The molecular formula is C15H11BrO4. The summed E-state index contributed by atoms with van der Waals surface area (Å²) in [5.41, 5.74) is 0.654. The summed E-state index contributed by atoms with van der Waals surface area (Å²) in [6, 6.07) is 12.7. The van der Waals surface area contributed by atoms with Crippen molar-refractivity contribution >= 4 is 27.7 Å². The Balaban J connectivity index is 2.01. The number of aromatic hydroxyl groups is 1. The van der Waals surface area contributed by atoms with E-state index in [9.17, 15) is 14.7 Å². The number of benzene rings is 2. The second-order valence-corrected chi connectivity index (χ2v) is 4.88. The number of carbonyl (C=O) groups excluding carboxylic acids is 2. The fraction of sp³-hybridized carbons (Fsp3) is 0.0667. The van der Waals surface area contributed by atoms with Gasteiger partial charge in [0.15, 0.2) is 6.61 Å². The standard InChI is InChI=1S/C15H11BrO4/c16-13-7-2-1-6-12(13)14(18)9-20-15(19)10-4-3-5-11(17)8-10/h1-8,17H,9H2. The SMILES string of the molecule is O=C(OCC(=O)c1ccccc1Br)c1cccc(O)c1. The van der Waals surface area contributed by atoms with Crippen molar-refractivity contribution in [2.24, 2.45) is 0 Å². The van der Waals surface area contributed by atoms with E-state index >= 15 is 0 Å². The van der Waals surface area contributed by atoms with Gasteiger partial charge in [0.1, 0.15) is 5.75 Å². The van der Waals surface area contributed by atoms with Gasteiger partial charge in [0.25, 0.3) is 0 Å². The number of hydrogen-bond acceptors (Lipinski definition) is 4. The minimum Gasteiger partial charge on any atom is -0.508 e. The summed E-state index contributed by atoms with van der Waals surface area (Å²) < 4.78 is 5.59. The van der Waals surface area contributed by atoms with Crippen LogP contribution in [0.2, 0.25) is 0 Å². The fourth-order valence-corrected chi connectivity index (χ4v) is 2.12. The molecule has 102 valence electrons. The summed E-state index contributed by atoms with van der Waals surface area (Å²) in [4.78, 5) is 23.6. The van der Waals surface area contributed by atoms with Crippen LogP contribution in [0.25, 0.3) is 0 Å². The number of halogens is 1. The lowest BCUT2D eigenvalue weighted by atomic mass is 10.1. The number of carbonyl (C=O) groups is 2. The van der Waals surface area contributed by atoms with Crippen LogP contribution in [0.1, 0.15) is 20.7 Å². The van der Waals surface area contributed by atoms with E-state index in [0.29, 0.717) is 10.0 Å². The van der Waals surface area contributed by atoms with E-state index in [1.165, 1.54) is 24.3 Å². The van der Waals surface area contributed by atoms with Crippen molar-refractivity contribution < 1.29 is 19.4 Å². The molecule has 0 bridgehead atoms. The van der Waals surface area contributed by atoms with Gasteiger partial charge in [0.2, 0.25) is 5.78 Å². The maximum atomic E-state index is 11.9. The Hall–Kier alpha value is -2.14. The minimum atomic E-state index is -0.652. The third kappa shape index (κ3) is 3.45. The highest BCUT2D eigenvalue weighted by atomic mass is 79.9. The third-order valence-corrected chi connectivity index (χ3v) is 3.28. The number of hydrogen-bond donors (Lipinski definition) is 1. The molecule has 0 fully saturated rings. The molecule has 0 aliphatic heterocycles. The molecular weight excluding hydrogens is 324 g/mol. The first-order valence-corrected chi connectivity index (χ1v) is 6.61. The molecule has 2 aromatic rings. The first-order valence-electron chi connectivity index (χ1n) is 5.82. The predicted octanol–water partition coefficient (Wildman–Crippen LogP) is 3.19. The molecule has 0 aliphatic carbocycles. The quantitative estimate of drug-likeness (QED) is 0.688. The molecule has 1 N–H and O–H groups in total. The Morgan fingerprint density at radius 2 is 1.85 bits per heavy atom. The molecule has 0 atom stereocenters. The summed E-state index contributed by atoms with van der Waals surface area (Å²) in [6.07, 6.45) is 0. The van der Waals surface area contributed by atoms with Gasteiger partial charge in [0.05, 0.1) is 5.56 Å². The van der Waals surface area contributed by atoms with E-state index in [-0.39, 0.29) is 23.7 Å². The highest BCUT2D eigenvalue weighted by Crippen LogP contribution is 2.17. The Bertz CT molecular complexity index is 652. The zero-order chi connectivity index (χ0) is 14.5. The molecule has 0 heterocycles. The van der Waals surface area contributed by atoms with Crippen LogP contribution in [0.15, 0.2) is 53.0 Å². The van der Waals surface area contributed by atoms with Crippen molar-refractivity contribution in [3.8, 4) is 5.75 Å². The molecule has 0 radical (unpaired) electrons. The van der Waals surface area contributed by atoms with Crippen molar-refractivity contribution in [1.29, 1.82) is 0 Å². The van der Waals surface area contributed by atoms with Crippen LogP contribution in [-0.2, 0) is 4.74 Å². The van der Waals surface area contributed by atoms with Crippen molar-refractivity contribution in [2.45, 2.75) is 0 Å². The van der Waals surface area contributed by atoms with E-state index in [2.05, 4.69) is 15.9 Å². The van der Waals surface area contributed by atoms with Gasteiger partial charge in [-0.15, -0.1) is 0 Å². The minimum absolute atomic E-state index is 0.0309. The Kier molecular flexibility index (Phi) is 4.53. The van der Waals surface area contributed by atoms with Gasteiger partial charge in [-0.1, -0.05) is 40.2 Å². The van der Waals surface area contributed by atoms with Gasteiger partial charge < -0.3 is 9.84 Å². The Labute approximate surface area is 124 Å². The second kappa shape index (κ2) is 6.34. The number of ether oxygens (including phenoxy) is 1. The van der Waals surface area contributed by atoms with Crippen LogP contribution in [0, 0.1) is 0 Å². The zero-order valence-electron chi connectivity index (χ0n) is 10.4. The molecule has 0 saturated carbocycles. The summed E-state index contributed by atoms with van der Waals surface area (Å²) in [7, 11) is 0. The van der Waals surface area contributed by atoms with E-state index in [0.717, 1.165) is 0 Å². The maximum absolute atomic E-state index is 11.9. The van der Waals surface area contributed by atoms with E-state index in [1.807, 2.05) is 0 Å². The van der Waals surface area contributed by atoms with Crippen LogP contribution in [-0.4, -0.2) is 23.5 Å². The second-order valence-electron chi connectivity index (χ2n) is 4.03. The van der Waals surface area contributed by atoms with E-state index in [1.54, 1.807) is 24.3 Å². The van der Waals surface area contributed by atoms with Crippen LogP contribution < -0.4 is 0 Å². The molecule has 4 nitrogen and oxygen atoms in total. The Morgan fingerprint density at radius 3 is 2.55 bits per heavy atom. The topological polar surface area (TPSA) is 63.6 Å². The van der Waals surface area contributed by atoms with Crippen LogP contribution >= 0.6 is 15.9 Å². The predicted molar refractivity (Wildman–Crippen MR) is 76.9 cm³/mol. The molecule has 0 spiro atoms. The molecule has 2 aromatic carbocycles. The number of rotatable bonds is 4. The number of Topliss-reactive ketones (excluding diaryl/α,β-unsaturated/α-hetero) is 1. The van der Waals surface area contributed by atoms with Crippen molar-refractivity contribution in [2.75, 3.05) is 6.61 Å². The number of phenolic OH excluding ortho intramolecular Hbond substituents is 1. The monoisotopic (exact) mass is 334 g/mol. The third-order valence-electron chi connectivity index (χ3n) is 2.59. The highest BCUT2D eigenvalue weighted by molar-refractivity contribution is 9.10. The summed E-state index contributed by atoms with van der Waals surface area (Å²) in [5.74, 6) is -0.983. The molecule has 0 aliphatic rings. The highest BCUT2D eigenvalue weighted by Gasteiger charge is 2.13. The van der Waals surface area contributed by atoms with Gasteiger partial charge in [-0.05, 0) is 24.3 Å². The Morgan fingerprint density at radius 1 is 1.10 bits per heavy atom. The normalized spacial score (nSPS) is 10.1. The van der Waals surface area contributed by atoms with Gasteiger partial charge in [-0.25, -0.2) is 4.79 Å². The van der Waals surface area contributed by atoms with E-state index in [4.69, 9.17) is 4.74 Å².